The van der Waals surface area contributed by atoms with Crippen LogP contribution in [0.1, 0.15) is 36.2 Å². The zero-order chi connectivity index (χ0) is 11.7. The van der Waals surface area contributed by atoms with E-state index >= 15 is 0 Å². The van der Waals surface area contributed by atoms with Crippen LogP contribution in [-0.2, 0) is 6.42 Å². The van der Waals surface area contributed by atoms with Gasteiger partial charge in [-0.1, -0.05) is 12.1 Å². The van der Waals surface area contributed by atoms with Gasteiger partial charge < -0.3 is 9.84 Å². The molecule has 86 valence electrons. The van der Waals surface area contributed by atoms with Gasteiger partial charge in [0.05, 0.1) is 6.10 Å². The molecule has 2 atom stereocenters. The van der Waals surface area contributed by atoms with Crippen LogP contribution in [0.4, 0.5) is 0 Å². The van der Waals surface area contributed by atoms with Crippen molar-refractivity contribution in [2.24, 2.45) is 0 Å². The molecule has 0 fully saturated rings. The minimum absolute atomic E-state index is 0.185. The lowest BCUT2D eigenvalue weighted by molar-refractivity contribution is 0.0599. The van der Waals surface area contributed by atoms with Crippen LogP contribution in [0.15, 0.2) is 18.2 Å². The Kier molecular flexibility index (Phi) is 2.97. The summed E-state index contributed by atoms with van der Waals surface area (Å²) >= 11 is 0. The maximum atomic E-state index is 11.5. The quantitative estimate of drug-likeness (QED) is 0.847. The molecule has 0 amide bonds. The van der Waals surface area contributed by atoms with E-state index in [1.165, 1.54) is 0 Å². The van der Waals surface area contributed by atoms with E-state index in [1.54, 1.807) is 6.92 Å². The third-order valence-corrected chi connectivity index (χ3v) is 3.03. The first kappa shape index (κ1) is 11.1. The minimum atomic E-state index is -0.520. The van der Waals surface area contributed by atoms with Crippen LogP contribution in [0.3, 0.4) is 0 Å². The predicted octanol–water partition coefficient (Wildman–Crippen LogP) is 1.96. The summed E-state index contributed by atoms with van der Waals surface area (Å²) in [5.41, 5.74) is 1.76. The van der Waals surface area contributed by atoms with E-state index in [0.29, 0.717) is 6.42 Å². The molecule has 0 spiro atoms. The first-order valence-corrected chi connectivity index (χ1v) is 5.59. The summed E-state index contributed by atoms with van der Waals surface area (Å²) in [7, 11) is 0. The maximum absolute atomic E-state index is 11.5. The molecule has 0 aromatic heterocycles. The van der Waals surface area contributed by atoms with Crippen molar-refractivity contribution in [2.75, 3.05) is 0 Å². The highest BCUT2D eigenvalue weighted by atomic mass is 16.5. The van der Waals surface area contributed by atoms with Crippen LogP contribution in [-0.4, -0.2) is 23.1 Å². The lowest BCUT2D eigenvalue weighted by Crippen LogP contribution is -2.26. The Bertz CT molecular complexity index is 410. The molecule has 16 heavy (non-hydrogen) atoms. The molecule has 1 aliphatic rings. The fourth-order valence-electron chi connectivity index (χ4n) is 1.87. The van der Waals surface area contributed by atoms with Crippen molar-refractivity contribution in [2.45, 2.75) is 38.9 Å². The molecule has 1 N–H and O–H groups in total. The Hall–Kier alpha value is -1.35. The lowest BCUT2D eigenvalue weighted by Gasteiger charge is -2.19. The highest BCUT2D eigenvalue weighted by Gasteiger charge is 2.23. The third-order valence-electron chi connectivity index (χ3n) is 3.03. The summed E-state index contributed by atoms with van der Waals surface area (Å²) in [5, 5.41) is 9.39. The monoisotopic (exact) mass is 220 g/mol. The smallest absolute Gasteiger partial charge is 0.163 e. The van der Waals surface area contributed by atoms with Crippen molar-refractivity contribution in [1.29, 1.82) is 0 Å². The first-order valence-electron chi connectivity index (χ1n) is 5.59. The second kappa shape index (κ2) is 4.26. The number of hydrogen-bond donors (Lipinski definition) is 1. The first-order chi connectivity index (χ1) is 7.59. The van der Waals surface area contributed by atoms with Gasteiger partial charge in [0, 0.05) is 17.5 Å². The van der Waals surface area contributed by atoms with Crippen LogP contribution >= 0.6 is 0 Å². The van der Waals surface area contributed by atoms with E-state index in [0.717, 1.165) is 23.3 Å². The average Bonchev–Trinajstić information content (AvgIpc) is 2.62. The molecule has 1 aromatic carbocycles. The van der Waals surface area contributed by atoms with Gasteiger partial charge in [-0.25, -0.2) is 0 Å². The largest absolute Gasteiger partial charge is 0.488 e. The van der Waals surface area contributed by atoms with Gasteiger partial charge in [0.25, 0.3) is 0 Å². The standard InChI is InChI=1S/C13H16O3/c1-8(14)9(2)16-13-5-3-4-10-11(13)6-7-12(10)15/h3-5,8-9,14H,6-7H2,1-2H3. The van der Waals surface area contributed by atoms with Gasteiger partial charge in [-0.15, -0.1) is 0 Å². The summed E-state index contributed by atoms with van der Waals surface area (Å²) in [6.07, 6.45) is 0.533. The number of ether oxygens (including phenoxy) is 1. The molecular weight excluding hydrogens is 204 g/mol. The van der Waals surface area contributed by atoms with E-state index in [9.17, 15) is 9.90 Å². The van der Waals surface area contributed by atoms with Gasteiger partial charge >= 0.3 is 0 Å². The van der Waals surface area contributed by atoms with Crippen molar-refractivity contribution in [3.63, 3.8) is 0 Å². The van der Waals surface area contributed by atoms with Crippen molar-refractivity contribution in [3.8, 4) is 5.75 Å². The molecule has 0 bridgehead atoms. The number of carbonyl (C=O) groups is 1. The van der Waals surface area contributed by atoms with Gasteiger partial charge in [0.2, 0.25) is 0 Å². The van der Waals surface area contributed by atoms with Crippen LogP contribution in [0.2, 0.25) is 0 Å². The molecule has 3 nitrogen and oxygen atoms in total. The molecule has 2 unspecified atom stereocenters. The van der Waals surface area contributed by atoms with Gasteiger partial charge in [-0.3, -0.25) is 4.79 Å². The number of benzene rings is 1. The van der Waals surface area contributed by atoms with Crippen molar-refractivity contribution in [3.05, 3.63) is 29.3 Å². The van der Waals surface area contributed by atoms with E-state index in [4.69, 9.17) is 4.74 Å². The fourth-order valence-corrected chi connectivity index (χ4v) is 1.87. The highest BCUT2D eigenvalue weighted by molar-refractivity contribution is 6.01. The molecular formula is C13H16O3. The second-order valence-electron chi connectivity index (χ2n) is 4.27. The Morgan fingerprint density at radius 1 is 1.31 bits per heavy atom. The summed E-state index contributed by atoms with van der Waals surface area (Å²) in [6, 6.07) is 5.52. The van der Waals surface area contributed by atoms with Crippen molar-refractivity contribution in [1.82, 2.24) is 0 Å². The number of ketones is 1. The SMILES string of the molecule is CC(O)C(C)Oc1cccc2c1CCC2=O. The summed E-state index contributed by atoms with van der Waals surface area (Å²) in [5.74, 6) is 0.918. The summed E-state index contributed by atoms with van der Waals surface area (Å²) < 4.78 is 5.66. The molecule has 0 radical (unpaired) electrons. The zero-order valence-electron chi connectivity index (χ0n) is 9.56. The third kappa shape index (κ3) is 1.95. The lowest BCUT2D eigenvalue weighted by atomic mass is 10.1. The topological polar surface area (TPSA) is 46.5 Å². The van der Waals surface area contributed by atoms with Crippen LogP contribution in [0.25, 0.3) is 0 Å². The molecule has 0 saturated heterocycles. The van der Waals surface area contributed by atoms with Gasteiger partial charge in [-0.2, -0.15) is 0 Å². The van der Waals surface area contributed by atoms with E-state index in [1.807, 2.05) is 25.1 Å². The molecule has 3 heteroatoms. The van der Waals surface area contributed by atoms with Gasteiger partial charge in [-0.05, 0) is 26.3 Å². The Morgan fingerprint density at radius 2 is 2.06 bits per heavy atom. The summed E-state index contributed by atoms with van der Waals surface area (Å²) in [6.45, 7) is 3.51. The molecule has 0 aliphatic heterocycles. The van der Waals surface area contributed by atoms with E-state index < -0.39 is 6.10 Å². The van der Waals surface area contributed by atoms with E-state index in [2.05, 4.69) is 0 Å². The number of rotatable bonds is 3. The molecule has 0 heterocycles. The minimum Gasteiger partial charge on any atom is -0.488 e. The summed E-state index contributed by atoms with van der Waals surface area (Å²) in [4.78, 5) is 11.5. The maximum Gasteiger partial charge on any atom is 0.163 e. The van der Waals surface area contributed by atoms with Crippen molar-refractivity contribution < 1.29 is 14.6 Å². The van der Waals surface area contributed by atoms with Gasteiger partial charge in [0.1, 0.15) is 11.9 Å². The van der Waals surface area contributed by atoms with Crippen molar-refractivity contribution >= 4 is 5.78 Å². The molecule has 1 aliphatic carbocycles. The molecule has 0 saturated carbocycles. The fraction of sp³-hybridized carbons (Fsp3) is 0.462. The highest BCUT2D eigenvalue weighted by Crippen LogP contribution is 2.31. The Balaban J connectivity index is 2.26. The number of Topliss-reactive ketones (excluding diaryl/α,β-unsaturated/α-hetero) is 1. The average molecular weight is 220 g/mol. The Morgan fingerprint density at radius 3 is 2.75 bits per heavy atom. The normalized spacial score (nSPS) is 18.1. The number of aliphatic hydroxyl groups excluding tert-OH is 1. The zero-order valence-corrected chi connectivity index (χ0v) is 9.56. The Labute approximate surface area is 95.0 Å². The van der Waals surface area contributed by atoms with Crippen LogP contribution in [0.5, 0.6) is 5.75 Å². The molecule has 1 aromatic rings. The number of aliphatic hydroxyl groups is 1. The number of fused-ring (bicyclic) bond motifs is 1. The van der Waals surface area contributed by atoms with Crippen LogP contribution < -0.4 is 4.74 Å². The number of carbonyl (C=O) groups excluding carboxylic acids is 1. The number of hydrogen-bond acceptors (Lipinski definition) is 3. The van der Waals surface area contributed by atoms with E-state index in [-0.39, 0.29) is 11.9 Å². The second-order valence-corrected chi connectivity index (χ2v) is 4.27. The predicted molar refractivity (Wildman–Crippen MR) is 60.9 cm³/mol. The van der Waals surface area contributed by atoms with Crippen LogP contribution in [0, 0.1) is 0 Å². The molecule has 2 rings (SSSR count). The van der Waals surface area contributed by atoms with Gasteiger partial charge in [0.15, 0.2) is 5.78 Å².